The van der Waals surface area contributed by atoms with Crippen molar-refractivity contribution in [3.8, 4) is 0 Å². The molecule has 2 N–H and O–H groups in total. The van der Waals surface area contributed by atoms with E-state index in [2.05, 4.69) is 0 Å². The highest BCUT2D eigenvalue weighted by Gasteiger charge is 2.38. The van der Waals surface area contributed by atoms with Gasteiger partial charge in [-0.05, 0) is 19.8 Å². The Balaban J connectivity index is 2.77. The molecule has 1 aliphatic heterocycles. The van der Waals surface area contributed by atoms with E-state index >= 15 is 0 Å². The molecule has 0 bridgehead atoms. The summed E-state index contributed by atoms with van der Waals surface area (Å²) in [5.41, 5.74) is 0. The van der Waals surface area contributed by atoms with Gasteiger partial charge in [0.1, 0.15) is 6.04 Å². The Morgan fingerprint density at radius 1 is 1.33 bits per heavy atom. The summed E-state index contributed by atoms with van der Waals surface area (Å²) >= 11 is 0. The lowest BCUT2D eigenvalue weighted by Crippen LogP contribution is -2.43. The van der Waals surface area contributed by atoms with E-state index in [1.807, 2.05) is 0 Å². The van der Waals surface area contributed by atoms with E-state index in [1.165, 1.54) is 0 Å². The summed E-state index contributed by atoms with van der Waals surface area (Å²) in [6.07, 6.45) is -0.0982. The minimum absolute atomic E-state index is 0.177. The largest absolute Gasteiger partial charge is 0.480 e. The van der Waals surface area contributed by atoms with E-state index < -0.39 is 18.1 Å². The molecule has 1 aliphatic rings. The van der Waals surface area contributed by atoms with Gasteiger partial charge in [0, 0.05) is 6.04 Å². The number of rotatable bonds is 1. The zero-order chi connectivity index (χ0) is 9.30. The fourth-order valence-corrected chi connectivity index (χ4v) is 1.55. The maximum absolute atomic E-state index is 10.6. The lowest BCUT2D eigenvalue weighted by Gasteiger charge is -2.21. The monoisotopic (exact) mass is 173 g/mol. The number of likely N-dealkylation sites (tertiary alicyclic amines) is 1. The van der Waals surface area contributed by atoms with E-state index in [-0.39, 0.29) is 6.04 Å². The highest BCUT2D eigenvalue weighted by atomic mass is 16.4. The van der Waals surface area contributed by atoms with Crippen molar-refractivity contribution in [2.24, 2.45) is 0 Å². The fourth-order valence-electron chi connectivity index (χ4n) is 1.55. The van der Waals surface area contributed by atoms with Crippen molar-refractivity contribution < 1.29 is 19.8 Å². The van der Waals surface area contributed by atoms with Gasteiger partial charge in [0.15, 0.2) is 0 Å². The van der Waals surface area contributed by atoms with Gasteiger partial charge < -0.3 is 10.2 Å². The number of carbonyl (C=O) groups is 2. The molecule has 5 heteroatoms. The Kier molecular flexibility index (Phi) is 2.21. The maximum Gasteiger partial charge on any atom is 0.408 e. The quantitative estimate of drug-likeness (QED) is 0.608. The summed E-state index contributed by atoms with van der Waals surface area (Å²) < 4.78 is 0. The number of nitrogens with zero attached hydrogens (tertiary/aromatic N) is 1. The lowest BCUT2D eigenvalue weighted by molar-refractivity contribution is -0.141. The number of carboxylic acid groups (broad SMARTS) is 2. The van der Waals surface area contributed by atoms with Gasteiger partial charge in [-0.25, -0.2) is 9.59 Å². The van der Waals surface area contributed by atoms with Crippen LogP contribution in [-0.2, 0) is 4.79 Å². The normalized spacial score (nSPS) is 28.9. The Morgan fingerprint density at radius 2 is 1.92 bits per heavy atom. The fraction of sp³-hybridized carbons (Fsp3) is 0.714. The van der Waals surface area contributed by atoms with Crippen LogP contribution in [0.3, 0.4) is 0 Å². The summed E-state index contributed by atoms with van der Waals surface area (Å²) in [5.74, 6) is -1.05. The van der Waals surface area contributed by atoms with Crippen LogP contribution in [0.2, 0.25) is 0 Å². The van der Waals surface area contributed by atoms with E-state index in [9.17, 15) is 9.59 Å². The van der Waals surface area contributed by atoms with Crippen molar-refractivity contribution in [1.29, 1.82) is 0 Å². The van der Waals surface area contributed by atoms with Gasteiger partial charge in [-0.15, -0.1) is 0 Å². The van der Waals surface area contributed by atoms with Gasteiger partial charge in [-0.2, -0.15) is 0 Å². The maximum atomic E-state index is 10.6. The van der Waals surface area contributed by atoms with Crippen molar-refractivity contribution in [2.45, 2.75) is 31.8 Å². The average Bonchev–Trinajstić information content (AvgIpc) is 2.30. The first-order valence-electron chi connectivity index (χ1n) is 3.78. The first kappa shape index (κ1) is 8.83. The third-order valence-corrected chi connectivity index (χ3v) is 2.17. The molecule has 1 rings (SSSR count). The molecule has 0 aromatic heterocycles. The van der Waals surface area contributed by atoms with Crippen molar-refractivity contribution in [2.75, 3.05) is 0 Å². The molecule has 0 aliphatic carbocycles. The second-order valence-electron chi connectivity index (χ2n) is 2.97. The van der Waals surface area contributed by atoms with Crippen molar-refractivity contribution >= 4 is 12.1 Å². The summed E-state index contributed by atoms with van der Waals surface area (Å²) in [5, 5.41) is 17.3. The molecule has 0 aromatic carbocycles. The predicted octanol–water partition coefficient (Wildman–Crippen LogP) is 0.602. The van der Waals surface area contributed by atoms with Gasteiger partial charge in [-0.3, -0.25) is 4.90 Å². The standard InChI is InChI=1S/C7H11NO4/c1-4-2-3-5(6(9)10)8(4)7(11)12/h4-5H,2-3H2,1H3,(H,9,10)(H,11,12)/t4-,5+/m0/s1. The van der Waals surface area contributed by atoms with Crippen molar-refractivity contribution in [1.82, 2.24) is 4.90 Å². The van der Waals surface area contributed by atoms with Crippen LogP contribution in [0.5, 0.6) is 0 Å². The first-order chi connectivity index (χ1) is 5.54. The van der Waals surface area contributed by atoms with E-state index in [4.69, 9.17) is 10.2 Å². The third-order valence-electron chi connectivity index (χ3n) is 2.17. The summed E-state index contributed by atoms with van der Waals surface area (Å²) in [6.45, 7) is 1.72. The number of carboxylic acids is 1. The van der Waals surface area contributed by atoms with Crippen LogP contribution in [-0.4, -0.2) is 39.3 Å². The van der Waals surface area contributed by atoms with Gasteiger partial charge in [0.25, 0.3) is 0 Å². The second kappa shape index (κ2) is 3.00. The molecule has 2 atom stereocenters. The van der Waals surface area contributed by atoms with Gasteiger partial charge in [0.2, 0.25) is 0 Å². The lowest BCUT2D eigenvalue weighted by atomic mass is 10.2. The summed E-state index contributed by atoms with van der Waals surface area (Å²) in [4.78, 5) is 22.1. The molecule has 0 aromatic rings. The van der Waals surface area contributed by atoms with Crippen LogP contribution in [0.15, 0.2) is 0 Å². The minimum atomic E-state index is -1.15. The zero-order valence-electron chi connectivity index (χ0n) is 6.73. The molecule has 1 amide bonds. The number of hydrogen-bond acceptors (Lipinski definition) is 2. The Labute approximate surface area is 69.6 Å². The van der Waals surface area contributed by atoms with Crippen LogP contribution >= 0.6 is 0 Å². The van der Waals surface area contributed by atoms with Gasteiger partial charge in [0.05, 0.1) is 0 Å². The Hall–Kier alpha value is -1.26. The Bertz CT molecular complexity index is 215. The molecule has 0 saturated carbocycles. The molecule has 1 fully saturated rings. The number of aliphatic carboxylic acids is 1. The average molecular weight is 173 g/mol. The molecule has 12 heavy (non-hydrogen) atoms. The van der Waals surface area contributed by atoms with Crippen LogP contribution in [0.4, 0.5) is 4.79 Å². The summed E-state index contributed by atoms with van der Waals surface area (Å²) in [6, 6.07) is -1.03. The molecule has 0 unspecified atom stereocenters. The molecular formula is C7H11NO4. The molecular weight excluding hydrogens is 162 g/mol. The molecule has 0 spiro atoms. The molecule has 5 nitrogen and oxygen atoms in total. The SMILES string of the molecule is C[C@H]1CC[C@H](C(=O)O)N1C(=O)O. The van der Waals surface area contributed by atoms with Gasteiger partial charge >= 0.3 is 12.1 Å². The van der Waals surface area contributed by atoms with E-state index in [0.29, 0.717) is 12.8 Å². The third kappa shape index (κ3) is 1.34. The molecule has 1 heterocycles. The predicted molar refractivity (Wildman–Crippen MR) is 40.0 cm³/mol. The van der Waals surface area contributed by atoms with Crippen LogP contribution < -0.4 is 0 Å². The van der Waals surface area contributed by atoms with Crippen LogP contribution in [0, 0.1) is 0 Å². The second-order valence-corrected chi connectivity index (χ2v) is 2.97. The van der Waals surface area contributed by atoms with Crippen LogP contribution in [0.1, 0.15) is 19.8 Å². The highest BCUT2D eigenvalue weighted by Crippen LogP contribution is 2.23. The minimum Gasteiger partial charge on any atom is -0.480 e. The smallest absolute Gasteiger partial charge is 0.408 e. The number of amides is 1. The van der Waals surface area contributed by atoms with E-state index in [1.54, 1.807) is 6.92 Å². The topological polar surface area (TPSA) is 77.8 Å². The number of hydrogen-bond donors (Lipinski definition) is 2. The molecule has 1 saturated heterocycles. The first-order valence-corrected chi connectivity index (χ1v) is 3.78. The van der Waals surface area contributed by atoms with E-state index in [0.717, 1.165) is 4.90 Å². The highest BCUT2D eigenvalue weighted by molar-refractivity contribution is 5.80. The van der Waals surface area contributed by atoms with Crippen LogP contribution in [0.25, 0.3) is 0 Å². The Morgan fingerprint density at radius 3 is 2.25 bits per heavy atom. The van der Waals surface area contributed by atoms with Gasteiger partial charge in [-0.1, -0.05) is 0 Å². The molecule has 68 valence electrons. The summed E-state index contributed by atoms with van der Waals surface area (Å²) in [7, 11) is 0. The zero-order valence-corrected chi connectivity index (χ0v) is 6.73. The van der Waals surface area contributed by atoms with Crippen molar-refractivity contribution in [3.63, 3.8) is 0 Å². The van der Waals surface area contributed by atoms with Crippen molar-refractivity contribution in [3.05, 3.63) is 0 Å². The molecule has 0 radical (unpaired) electrons.